The topological polar surface area (TPSA) is 150 Å². The summed E-state index contributed by atoms with van der Waals surface area (Å²) in [6.45, 7) is 7.84. The Kier molecular flexibility index (Phi) is 8.18. The van der Waals surface area contributed by atoms with Crippen molar-refractivity contribution in [1.29, 1.82) is 0 Å². The molecule has 1 amide bonds. The molecule has 0 aliphatic carbocycles. The summed E-state index contributed by atoms with van der Waals surface area (Å²) in [5, 5.41) is 13.3. The first-order valence-electron chi connectivity index (χ1n) is 11.6. The lowest BCUT2D eigenvalue weighted by Gasteiger charge is -2.29. The summed E-state index contributed by atoms with van der Waals surface area (Å²) in [5.74, 6) is 0.420. The average Bonchev–Trinajstić information content (AvgIpc) is 2.83. The zero-order chi connectivity index (χ0) is 25.6. The summed E-state index contributed by atoms with van der Waals surface area (Å²) in [6.07, 6.45) is 7.70. The van der Waals surface area contributed by atoms with Crippen molar-refractivity contribution in [2.75, 3.05) is 24.7 Å². The number of H-pyrrole nitrogens is 1. The van der Waals surface area contributed by atoms with E-state index in [1.54, 1.807) is 36.5 Å². The maximum atomic E-state index is 12.2. The lowest BCUT2D eigenvalue weighted by molar-refractivity contribution is -0.129. The molecule has 10 heteroatoms. The molecular formula is C25H33N7O3. The molecule has 186 valence electrons. The predicted octanol–water partition coefficient (Wildman–Crippen LogP) is 2.85. The first-order chi connectivity index (χ1) is 16.7. The van der Waals surface area contributed by atoms with Gasteiger partial charge in [0.15, 0.2) is 5.82 Å². The maximum Gasteiger partial charge on any atom is 0.248 e. The third-order valence-electron chi connectivity index (χ3n) is 5.88. The van der Waals surface area contributed by atoms with Crippen LogP contribution in [0.15, 0.2) is 42.0 Å². The molecule has 10 nitrogen and oxygen atoms in total. The van der Waals surface area contributed by atoms with Gasteiger partial charge < -0.3 is 26.0 Å². The molecule has 3 aromatic heterocycles. The summed E-state index contributed by atoms with van der Waals surface area (Å²) in [5.41, 5.74) is 8.17. The smallest absolute Gasteiger partial charge is 0.248 e. The maximum absolute atomic E-state index is 12.2. The van der Waals surface area contributed by atoms with E-state index >= 15 is 0 Å². The van der Waals surface area contributed by atoms with E-state index < -0.39 is 5.54 Å². The fourth-order valence-electron chi connectivity index (χ4n) is 3.83. The molecule has 3 aromatic rings. The minimum absolute atomic E-state index is 0.0654. The summed E-state index contributed by atoms with van der Waals surface area (Å²) in [4.78, 5) is 41.9. The van der Waals surface area contributed by atoms with E-state index in [0.29, 0.717) is 34.5 Å². The van der Waals surface area contributed by atoms with Crippen LogP contribution >= 0.6 is 0 Å². The molecule has 0 saturated carbocycles. The van der Waals surface area contributed by atoms with Gasteiger partial charge in [-0.3, -0.25) is 14.6 Å². The Morgan fingerprint density at radius 3 is 2.83 bits per heavy atom. The Morgan fingerprint density at radius 2 is 2.14 bits per heavy atom. The SMILES string of the molecule is C=CCC(=O)N(C)Cc1c[nH]c(=O)cc1-c1cnc2c(N[C@@](C)(CO)CCCC)nc(N)nc2c1. The van der Waals surface area contributed by atoms with Crippen LogP contribution in [0.1, 0.15) is 45.1 Å². The summed E-state index contributed by atoms with van der Waals surface area (Å²) >= 11 is 0. The van der Waals surface area contributed by atoms with E-state index in [2.05, 4.69) is 38.8 Å². The number of aliphatic hydroxyl groups is 1. The number of carbonyl (C=O) groups excluding carboxylic acids is 1. The van der Waals surface area contributed by atoms with Crippen molar-refractivity contribution in [2.45, 2.75) is 51.6 Å². The molecule has 3 rings (SSSR count). The number of nitrogens with one attached hydrogen (secondary N) is 2. The third kappa shape index (κ3) is 6.21. The quantitative estimate of drug-likeness (QED) is 0.307. The fraction of sp³-hybridized carbons (Fsp3) is 0.400. The number of aliphatic hydroxyl groups excluding tert-OH is 1. The van der Waals surface area contributed by atoms with Crippen LogP contribution in [0.2, 0.25) is 0 Å². The molecular weight excluding hydrogens is 446 g/mol. The zero-order valence-corrected chi connectivity index (χ0v) is 20.5. The number of aromatic nitrogens is 4. The van der Waals surface area contributed by atoms with Crippen molar-refractivity contribution in [3.63, 3.8) is 0 Å². The molecule has 5 N–H and O–H groups in total. The number of aromatic amines is 1. The number of rotatable bonds is 11. The van der Waals surface area contributed by atoms with Crippen LogP contribution in [0.25, 0.3) is 22.2 Å². The minimum atomic E-state index is -0.591. The molecule has 35 heavy (non-hydrogen) atoms. The monoisotopic (exact) mass is 479 g/mol. The first-order valence-corrected chi connectivity index (χ1v) is 11.6. The molecule has 0 unspecified atom stereocenters. The van der Waals surface area contributed by atoms with Crippen LogP contribution in [-0.2, 0) is 11.3 Å². The van der Waals surface area contributed by atoms with Gasteiger partial charge in [-0.05, 0) is 30.5 Å². The van der Waals surface area contributed by atoms with Crippen LogP contribution < -0.4 is 16.6 Å². The van der Waals surface area contributed by atoms with Crippen molar-refractivity contribution >= 4 is 28.7 Å². The van der Waals surface area contributed by atoms with Crippen molar-refractivity contribution in [2.24, 2.45) is 0 Å². The van der Waals surface area contributed by atoms with Gasteiger partial charge in [-0.25, -0.2) is 4.98 Å². The minimum Gasteiger partial charge on any atom is -0.394 e. The number of nitrogen functional groups attached to an aromatic ring is 1. The number of hydrogen-bond donors (Lipinski definition) is 4. The Labute approximate surface area is 204 Å². The van der Waals surface area contributed by atoms with Gasteiger partial charge >= 0.3 is 0 Å². The number of nitrogens with two attached hydrogens (primary N) is 1. The highest BCUT2D eigenvalue weighted by Gasteiger charge is 2.25. The van der Waals surface area contributed by atoms with Crippen molar-refractivity contribution in [3.8, 4) is 11.1 Å². The van der Waals surface area contributed by atoms with Gasteiger partial charge in [0.1, 0.15) is 5.52 Å². The van der Waals surface area contributed by atoms with Gasteiger partial charge in [-0.2, -0.15) is 4.98 Å². The largest absolute Gasteiger partial charge is 0.394 e. The normalized spacial score (nSPS) is 12.8. The van der Waals surface area contributed by atoms with Crippen molar-refractivity contribution < 1.29 is 9.90 Å². The van der Waals surface area contributed by atoms with Crippen molar-refractivity contribution in [1.82, 2.24) is 24.8 Å². The number of nitrogens with zero attached hydrogens (tertiary/aromatic N) is 4. The highest BCUT2D eigenvalue weighted by atomic mass is 16.3. The van der Waals surface area contributed by atoms with Crippen molar-refractivity contribution in [3.05, 3.63) is 53.1 Å². The Morgan fingerprint density at radius 1 is 1.37 bits per heavy atom. The number of amides is 1. The zero-order valence-electron chi connectivity index (χ0n) is 20.5. The Bertz CT molecular complexity index is 1270. The second kappa shape index (κ2) is 11.1. The first kappa shape index (κ1) is 25.8. The van der Waals surface area contributed by atoms with E-state index in [-0.39, 0.29) is 30.4 Å². The van der Waals surface area contributed by atoms with Crippen LogP contribution in [-0.4, -0.2) is 55.0 Å². The molecule has 0 saturated heterocycles. The standard InChI is InChI=1S/C25H33N7O3/c1-5-7-9-25(3,15-33)31-23-22-19(29-24(26)30-23)10-16(12-28-22)18-11-20(34)27-13-17(18)14-32(4)21(35)8-6-2/h6,10-13,33H,2,5,7-9,14-15H2,1,3-4H3,(H,27,34)(H3,26,29,30,31)/t25-/m1/s1. The van der Waals surface area contributed by atoms with E-state index in [1.165, 1.54) is 6.07 Å². The average molecular weight is 480 g/mol. The summed E-state index contributed by atoms with van der Waals surface area (Å²) in [6, 6.07) is 3.26. The van der Waals surface area contributed by atoms with Gasteiger partial charge in [-0.15, -0.1) is 6.58 Å². The highest BCUT2D eigenvalue weighted by Crippen LogP contribution is 2.29. The van der Waals surface area contributed by atoms with Gasteiger partial charge in [0.2, 0.25) is 17.4 Å². The van der Waals surface area contributed by atoms with Gasteiger partial charge in [0.05, 0.1) is 17.7 Å². The molecule has 0 aromatic carbocycles. The molecule has 0 bridgehead atoms. The summed E-state index contributed by atoms with van der Waals surface area (Å²) < 4.78 is 0. The lowest BCUT2D eigenvalue weighted by atomic mass is 9.96. The number of hydrogen-bond acceptors (Lipinski definition) is 8. The van der Waals surface area contributed by atoms with E-state index in [4.69, 9.17) is 5.73 Å². The number of pyridine rings is 2. The van der Waals surface area contributed by atoms with Crippen LogP contribution in [0.3, 0.4) is 0 Å². The predicted molar refractivity (Wildman–Crippen MR) is 138 cm³/mol. The Hall–Kier alpha value is -3.79. The number of carbonyl (C=O) groups is 1. The molecule has 0 spiro atoms. The fourth-order valence-corrected chi connectivity index (χ4v) is 3.83. The highest BCUT2D eigenvalue weighted by molar-refractivity contribution is 5.89. The molecule has 0 aliphatic rings. The van der Waals surface area contributed by atoms with Gasteiger partial charge in [0.25, 0.3) is 0 Å². The summed E-state index contributed by atoms with van der Waals surface area (Å²) in [7, 11) is 1.70. The molecule has 3 heterocycles. The molecule has 0 radical (unpaired) electrons. The van der Waals surface area contributed by atoms with Crippen LogP contribution in [0.4, 0.5) is 11.8 Å². The van der Waals surface area contributed by atoms with Gasteiger partial charge in [0, 0.05) is 44.0 Å². The van der Waals surface area contributed by atoms with Crippen LogP contribution in [0.5, 0.6) is 0 Å². The third-order valence-corrected chi connectivity index (χ3v) is 5.88. The number of anilines is 2. The van der Waals surface area contributed by atoms with E-state index in [9.17, 15) is 14.7 Å². The second-order valence-electron chi connectivity index (χ2n) is 8.95. The Balaban J connectivity index is 2.03. The number of unbranched alkanes of at least 4 members (excludes halogenated alkanes) is 1. The lowest BCUT2D eigenvalue weighted by Crippen LogP contribution is -2.39. The second-order valence-corrected chi connectivity index (χ2v) is 8.95. The van der Waals surface area contributed by atoms with Gasteiger partial charge in [-0.1, -0.05) is 25.8 Å². The molecule has 0 aliphatic heterocycles. The van der Waals surface area contributed by atoms with Crippen LogP contribution in [0, 0.1) is 0 Å². The molecule has 1 atom stereocenters. The van der Waals surface area contributed by atoms with E-state index in [0.717, 1.165) is 24.8 Å². The number of fused-ring (bicyclic) bond motifs is 1. The van der Waals surface area contributed by atoms with E-state index in [1.807, 2.05) is 6.92 Å². The molecule has 0 fully saturated rings.